The van der Waals surface area contributed by atoms with Gasteiger partial charge in [-0.05, 0) is 31.2 Å². The van der Waals surface area contributed by atoms with Gasteiger partial charge in [-0.15, -0.1) is 0 Å². The maximum atomic E-state index is 11.8. The number of hydrogen-bond acceptors (Lipinski definition) is 4. The summed E-state index contributed by atoms with van der Waals surface area (Å²) in [6, 6.07) is 5.62. The quantitative estimate of drug-likeness (QED) is 0.634. The number of hydrazine groups is 1. The van der Waals surface area contributed by atoms with Crippen LogP contribution in [0.3, 0.4) is 0 Å². The van der Waals surface area contributed by atoms with Crippen LogP contribution in [-0.2, 0) is 9.59 Å². The van der Waals surface area contributed by atoms with Crippen molar-refractivity contribution in [3.63, 3.8) is 0 Å². The highest BCUT2D eigenvalue weighted by molar-refractivity contribution is 6.30. The van der Waals surface area contributed by atoms with Gasteiger partial charge in [0.05, 0.1) is 6.42 Å². The lowest BCUT2D eigenvalue weighted by Gasteiger charge is -2.13. The molecule has 1 atom stereocenters. The van der Waals surface area contributed by atoms with E-state index < -0.39 is 11.9 Å². The van der Waals surface area contributed by atoms with E-state index in [0.717, 1.165) is 4.90 Å². The van der Waals surface area contributed by atoms with Crippen LogP contribution < -0.4 is 10.9 Å². The third-order valence-corrected chi connectivity index (χ3v) is 3.28. The van der Waals surface area contributed by atoms with Gasteiger partial charge in [0.2, 0.25) is 11.8 Å². The molecule has 1 aliphatic rings. The van der Waals surface area contributed by atoms with Gasteiger partial charge in [-0.3, -0.25) is 24.7 Å². The van der Waals surface area contributed by atoms with E-state index >= 15 is 0 Å². The molecule has 1 aromatic rings. The lowest BCUT2D eigenvalue weighted by molar-refractivity contribution is -0.138. The molecular weight excluding hydrogens is 282 g/mol. The van der Waals surface area contributed by atoms with Crippen LogP contribution in [0.2, 0.25) is 5.02 Å². The third-order valence-electron chi connectivity index (χ3n) is 3.03. The summed E-state index contributed by atoms with van der Waals surface area (Å²) in [7, 11) is 0. The summed E-state index contributed by atoms with van der Waals surface area (Å²) in [6.07, 6.45) is 0.0492. The van der Waals surface area contributed by atoms with Crippen molar-refractivity contribution in [3.05, 3.63) is 34.9 Å². The van der Waals surface area contributed by atoms with Crippen LogP contribution >= 0.6 is 11.6 Å². The molecule has 0 unspecified atom stereocenters. The van der Waals surface area contributed by atoms with Crippen LogP contribution in [-0.4, -0.2) is 35.2 Å². The molecule has 0 aliphatic carbocycles. The largest absolute Gasteiger partial charge is 0.287 e. The second-order valence-electron chi connectivity index (χ2n) is 4.34. The summed E-state index contributed by atoms with van der Waals surface area (Å²) in [5.41, 5.74) is 5.43. The summed E-state index contributed by atoms with van der Waals surface area (Å²) in [5.74, 6) is -0.957. The normalized spacial score (nSPS) is 18.5. The van der Waals surface area contributed by atoms with Crippen LogP contribution in [0.4, 0.5) is 0 Å². The monoisotopic (exact) mass is 295 g/mol. The zero-order chi connectivity index (χ0) is 14.7. The molecule has 3 amide bonds. The average molecular weight is 296 g/mol. The fraction of sp³-hybridized carbons (Fsp3) is 0.308. The van der Waals surface area contributed by atoms with Gasteiger partial charge in [-0.2, -0.15) is 0 Å². The van der Waals surface area contributed by atoms with E-state index in [0.29, 0.717) is 17.1 Å². The molecule has 0 radical (unpaired) electrons. The molecule has 1 aromatic carbocycles. The Morgan fingerprint density at radius 2 is 2.00 bits per heavy atom. The van der Waals surface area contributed by atoms with Crippen LogP contribution in [0.15, 0.2) is 24.3 Å². The molecule has 106 valence electrons. The first-order valence-electron chi connectivity index (χ1n) is 6.18. The predicted octanol–water partition coefficient (Wildman–Crippen LogP) is 0.722. The van der Waals surface area contributed by atoms with Crippen molar-refractivity contribution in [1.82, 2.24) is 15.8 Å². The Balaban J connectivity index is 1.93. The number of carbonyl (C=O) groups is 3. The van der Waals surface area contributed by atoms with Crippen molar-refractivity contribution in [3.8, 4) is 0 Å². The van der Waals surface area contributed by atoms with E-state index in [4.69, 9.17) is 11.6 Å². The van der Waals surface area contributed by atoms with Crippen molar-refractivity contribution in [2.75, 3.05) is 6.54 Å². The first-order valence-corrected chi connectivity index (χ1v) is 6.56. The maximum absolute atomic E-state index is 11.8. The lowest BCUT2D eigenvalue weighted by atomic mass is 10.2. The fourth-order valence-corrected chi connectivity index (χ4v) is 2.08. The van der Waals surface area contributed by atoms with E-state index in [2.05, 4.69) is 10.9 Å². The minimum Gasteiger partial charge on any atom is -0.287 e. The number of carbonyl (C=O) groups excluding carboxylic acids is 3. The molecule has 0 aromatic heterocycles. The van der Waals surface area contributed by atoms with Crippen molar-refractivity contribution in [2.24, 2.45) is 0 Å². The highest BCUT2D eigenvalue weighted by atomic mass is 35.5. The van der Waals surface area contributed by atoms with Crippen molar-refractivity contribution >= 4 is 29.3 Å². The van der Waals surface area contributed by atoms with Crippen LogP contribution in [0.1, 0.15) is 23.7 Å². The van der Waals surface area contributed by atoms with E-state index in [1.165, 1.54) is 0 Å². The molecule has 6 nitrogen and oxygen atoms in total. The molecule has 0 bridgehead atoms. The highest BCUT2D eigenvalue weighted by Gasteiger charge is 2.37. The summed E-state index contributed by atoms with van der Waals surface area (Å²) in [6.45, 7) is 2.06. The Morgan fingerprint density at radius 1 is 1.35 bits per heavy atom. The first-order chi connectivity index (χ1) is 9.52. The molecule has 0 saturated carbocycles. The van der Waals surface area contributed by atoms with E-state index in [1.807, 2.05) is 0 Å². The van der Waals surface area contributed by atoms with Crippen molar-refractivity contribution < 1.29 is 14.4 Å². The maximum Gasteiger partial charge on any atom is 0.265 e. The summed E-state index contributed by atoms with van der Waals surface area (Å²) in [5, 5.41) is 0.532. The van der Waals surface area contributed by atoms with Crippen LogP contribution in [0, 0.1) is 0 Å². The molecule has 7 heteroatoms. The highest BCUT2D eigenvalue weighted by Crippen LogP contribution is 2.12. The van der Waals surface area contributed by atoms with Crippen molar-refractivity contribution in [2.45, 2.75) is 19.4 Å². The van der Waals surface area contributed by atoms with Crippen molar-refractivity contribution in [1.29, 1.82) is 0 Å². The van der Waals surface area contributed by atoms with Gasteiger partial charge in [0.15, 0.2) is 0 Å². The van der Waals surface area contributed by atoms with E-state index in [1.54, 1.807) is 31.2 Å². The molecule has 1 heterocycles. The SMILES string of the molecule is CCN1C(=O)C[C@@H](NNC(=O)c2ccc(Cl)cc2)C1=O. The molecule has 1 saturated heterocycles. The third kappa shape index (κ3) is 2.97. The van der Waals surface area contributed by atoms with Crippen LogP contribution in [0.25, 0.3) is 0 Å². The Kier molecular flexibility index (Phi) is 4.36. The summed E-state index contributed by atoms with van der Waals surface area (Å²) < 4.78 is 0. The van der Waals surface area contributed by atoms with Gasteiger partial charge in [-0.25, -0.2) is 5.43 Å². The average Bonchev–Trinajstić information content (AvgIpc) is 2.71. The number of imide groups is 1. The molecule has 20 heavy (non-hydrogen) atoms. The number of likely N-dealkylation sites (tertiary alicyclic amines) is 1. The molecule has 1 aliphatic heterocycles. The van der Waals surface area contributed by atoms with Gasteiger partial charge in [0.25, 0.3) is 5.91 Å². The number of benzene rings is 1. The number of likely N-dealkylation sites (N-methyl/N-ethyl adjacent to an activating group) is 1. The van der Waals surface area contributed by atoms with Gasteiger partial charge >= 0.3 is 0 Å². The molecule has 2 N–H and O–H groups in total. The predicted molar refractivity (Wildman–Crippen MR) is 72.9 cm³/mol. The Bertz CT molecular complexity index is 544. The van der Waals surface area contributed by atoms with Gasteiger partial charge in [-0.1, -0.05) is 11.6 Å². The Morgan fingerprint density at radius 3 is 2.55 bits per heavy atom. The Hall–Kier alpha value is -1.92. The summed E-state index contributed by atoms with van der Waals surface area (Å²) in [4.78, 5) is 36.3. The number of halogens is 1. The van der Waals surface area contributed by atoms with E-state index in [-0.39, 0.29) is 18.2 Å². The number of nitrogens with one attached hydrogen (secondary N) is 2. The topological polar surface area (TPSA) is 78.5 Å². The number of rotatable bonds is 4. The molecule has 0 spiro atoms. The van der Waals surface area contributed by atoms with Gasteiger partial charge in [0.1, 0.15) is 6.04 Å². The van der Waals surface area contributed by atoms with Gasteiger partial charge in [0, 0.05) is 17.1 Å². The zero-order valence-electron chi connectivity index (χ0n) is 10.9. The molecular formula is C13H14ClN3O3. The zero-order valence-corrected chi connectivity index (χ0v) is 11.6. The molecule has 2 rings (SSSR count). The lowest BCUT2D eigenvalue weighted by Crippen LogP contribution is -2.48. The van der Waals surface area contributed by atoms with E-state index in [9.17, 15) is 14.4 Å². The fourth-order valence-electron chi connectivity index (χ4n) is 1.95. The van der Waals surface area contributed by atoms with Crippen LogP contribution in [0.5, 0.6) is 0 Å². The number of hydrogen-bond donors (Lipinski definition) is 2. The second-order valence-corrected chi connectivity index (χ2v) is 4.77. The second kappa shape index (κ2) is 6.02. The smallest absolute Gasteiger partial charge is 0.265 e. The minimum atomic E-state index is -0.710. The Labute approximate surface area is 121 Å². The minimum absolute atomic E-state index is 0.0492. The summed E-state index contributed by atoms with van der Waals surface area (Å²) >= 11 is 5.73. The molecule has 1 fully saturated rings. The number of amides is 3. The first kappa shape index (κ1) is 14.5. The standard InChI is InChI=1S/C13H14ClN3O3/c1-2-17-11(18)7-10(13(17)20)15-16-12(19)8-3-5-9(14)6-4-8/h3-6,10,15H,2,7H2,1H3,(H,16,19)/t10-/m1/s1. The number of nitrogens with zero attached hydrogens (tertiary/aromatic N) is 1. The van der Waals surface area contributed by atoms with Gasteiger partial charge < -0.3 is 0 Å².